The second-order valence-electron chi connectivity index (χ2n) is 6.54. The maximum Gasteiger partial charge on any atom is 0.270 e. The zero-order valence-corrected chi connectivity index (χ0v) is 18.2. The normalized spacial score (nSPS) is 15.2. The van der Waals surface area contributed by atoms with Gasteiger partial charge in [-0.15, -0.1) is 0 Å². The first-order valence-electron chi connectivity index (χ1n) is 8.96. The van der Waals surface area contributed by atoms with E-state index in [4.69, 9.17) is 39.8 Å². The minimum absolute atomic E-state index is 0.0529. The lowest BCUT2D eigenvalue weighted by molar-refractivity contribution is -0.384. The minimum atomic E-state index is -0.698. The van der Waals surface area contributed by atoms with Crippen molar-refractivity contribution in [1.82, 2.24) is 5.32 Å². The van der Waals surface area contributed by atoms with Crippen LogP contribution in [0.25, 0.3) is 17.4 Å². The first-order valence-corrected chi connectivity index (χ1v) is 10.1. The molecule has 1 aromatic heterocycles. The third kappa shape index (κ3) is 4.01. The highest BCUT2D eigenvalue weighted by atomic mass is 35.5. The number of anilines is 1. The van der Waals surface area contributed by atoms with Gasteiger partial charge in [-0.1, -0.05) is 29.3 Å². The zero-order valence-electron chi connectivity index (χ0n) is 15.9. The number of carbonyl (C=O) groups excluding carboxylic acids is 2. The van der Waals surface area contributed by atoms with E-state index in [0.717, 1.165) is 4.90 Å². The number of thiocarbonyl (C=S) groups is 1. The average Bonchev–Trinajstić information content (AvgIpc) is 3.23. The lowest BCUT2D eigenvalue weighted by Crippen LogP contribution is -2.54. The van der Waals surface area contributed by atoms with E-state index in [0.29, 0.717) is 11.3 Å². The van der Waals surface area contributed by atoms with Crippen LogP contribution in [0, 0.1) is 10.1 Å². The van der Waals surface area contributed by atoms with Crippen molar-refractivity contribution in [3.05, 3.63) is 86.1 Å². The van der Waals surface area contributed by atoms with E-state index in [2.05, 4.69) is 5.32 Å². The number of nitro benzene ring substituents is 1. The third-order valence-electron chi connectivity index (χ3n) is 4.55. The molecule has 0 aliphatic carbocycles. The summed E-state index contributed by atoms with van der Waals surface area (Å²) in [6.45, 7) is 0. The number of amides is 2. The Labute approximate surface area is 196 Å². The molecule has 1 N–H and O–H groups in total. The van der Waals surface area contributed by atoms with Crippen molar-refractivity contribution in [2.45, 2.75) is 0 Å². The van der Waals surface area contributed by atoms with Crippen LogP contribution in [-0.2, 0) is 9.59 Å². The number of hydrogen-bond donors (Lipinski definition) is 1. The highest BCUT2D eigenvalue weighted by molar-refractivity contribution is 7.80. The van der Waals surface area contributed by atoms with E-state index in [-0.39, 0.29) is 37.9 Å². The molecule has 2 aromatic carbocycles. The van der Waals surface area contributed by atoms with Crippen molar-refractivity contribution >= 4 is 69.8 Å². The number of nitrogens with zero attached hydrogens (tertiary/aromatic N) is 2. The van der Waals surface area contributed by atoms with Gasteiger partial charge in [-0.25, -0.2) is 0 Å². The monoisotopic (exact) mass is 487 g/mol. The van der Waals surface area contributed by atoms with Crippen LogP contribution in [0.2, 0.25) is 10.0 Å². The standard InChI is InChI=1S/C21H11Cl2N3O5S/c22-15-2-1-3-16(18(15)23)25-20(28)14(19(27)24-21(25)32)10-13-8-9-17(31-13)11-4-6-12(7-5-11)26(29)30/h1-10H,(H,24,27,32)/b14-10+. The SMILES string of the molecule is O=C1NC(=S)N(c2cccc(Cl)c2Cl)C(=O)/C1=C/c1ccc(-c2ccc([N+](=O)[O-])cc2)o1. The van der Waals surface area contributed by atoms with Crippen molar-refractivity contribution in [2.75, 3.05) is 4.90 Å². The molecule has 0 unspecified atom stereocenters. The van der Waals surface area contributed by atoms with Crippen LogP contribution in [0.4, 0.5) is 11.4 Å². The molecule has 1 fully saturated rings. The van der Waals surface area contributed by atoms with Gasteiger partial charge >= 0.3 is 0 Å². The van der Waals surface area contributed by atoms with Crippen molar-refractivity contribution in [2.24, 2.45) is 0 Å². The van der Waals surface area contributed by atoms with Crippen LogP contribution >= 0.6 is 35.4 Å². The topological polar surface area (TPSA) is 106 Å². The maximum absolute atomic E-state index is 13.1. The lowest BCUT2D eigenvalue weighted by atomic mass is 10.1. The Hall–Kier alpha value is -3.53. The Morgan fingerprint density at radius 2 is 1.78 bits per heavy atom. The highest BCUT2D eigenvalue weighted by Crippen LogP contribution is 2.34. The number of halogens is 2. The lowest BCUT2D eigenvalue weighted by Gasteiger charge is -2.29. The predicted molar refractivity (Wildman–Crippen MR) is 123 cm³/mol. The fourth-order valence-electron chi connectivity index (χ4n) is 3.02. The van der Waals surface area contributed by atoms with Gasteiger partial charge in [0.1, 0.15) is 17.1 Å². The summed E-state index contributed by atoms with van der Waals surface area (Å²) in [5, 5.41) is 13.5. The predicted octanol–water partition coefficient (Wildman–Crippen LogP) is 4.99. The number of non-ortho nitro benzene ring substituents is 1. The van der Waals surface area contributed by atoms with E-state index in [1.54, 1.807) is 30.3 Å². The number of nitro groups is 1. The summed E-state index contributed by atoms with van der Waals surface area (Å²) in [5.74, 6) is -0.763. The number of rotatable bonds is 4. The van der Waals surface area contributed by atoms with Crippen LogP contribution in [-0.4, -0.2) is 21.9 Å². The molecule has 1 aliphatic rings. The molecule has 0 saturated carbocycles. The second kappa shape index (κ2) is 8.54. The maximum atomic E-state index is 13.1. The van der Waals surface area contributed by atoms with E-state index in [1.807, 2.05) is 0 Å². The number of furan rings is 1. The van der Waals surface area contributed by atoms with Crippen molar-refractivity contribution in [1.29, 1.82) is 0 Å². The zero-order chi connectivity index (χ0) is 23.0. The molecule has 2 amide bonds. The third-order valence-corrected chi connectivity index (χ3v) is 5.64. The minimum Gasteiger partial charge on any atom is -0.457 e. The first-order chi connectivity index (χ1) is 15.3. The molecule has 1 aliphatic heterocycles. The molecule has 4 rings (SSSR count). The molecule has 0 radical (unpaired) electrons. The van der Waals surface area contributed by atoms with Gasteiger partial charge in [0.25, 0.3) is 17.5 Å². The van der Waals surface area contributed by atoms with Crippen molar-refractivity contribution < 1.29 is 18.9 Å². The Kier molecular flexibility index (Phi) is 5.79. The molecule has 32 heavy (non-hydrogen) atoms. The van der Waals surface area contributed by atoms with Crippen molar-refractivity contribution in [3.8, 4) is 11.3 Å². The van der Waals surface area contributed by atoms with Crippen molar-refractivity contribution in [3.63, 3.8) is 0 Å². The molecule has 0 atom stereocenters. The summed E-state index contributed by atoms with van der Waals surface area (Å²) in [4.78, 5) is 36.9. The van der Waals surface area contributed by atoms with Crippen LogP contribution in [0.3, 0.4) is 0 Å². The van der Waals surface area contributed by atoms with Gasteiger partial charge in [-0.2, -0.15) is 0 Å². The van der Waals surface area contributed by atoms with Gasteiger partial charge in [0, 0.05) is 17.7 Å². The van der Waals surface area contributed by atoms with E-state index < -0.39 is 16.7 Å². The molecule has 1 saturated heterocycles. The Morgan fingerprint density at radius 3 is 2.47 bits per heavy atom. The van der Waals surface area contributed by atoms with E-state index >= 15 is 0 Å². The summed E-state index contributed by atoms with van der Waals surface area (Å²) in [6.07, 6.45) is 1.28. The summed E-state index contributed by atoms with van der Waals surface area (Å²) < 4.78 is 5.70. The van der Waals surface area contributed by atoms with Gasteiger partial charge in [0.05, 0.1) is 20.7 Å². The summed E-state index contributed by atoms with van der Waals surface area (Å²) in [5.41, 5.74) is 0.543. The van der Waals surface area contributed by atoms with Gasteiger partial charge in [-0.3, -0.25) is 29.9 Å². The number of nitrogens with one attached hydrogen (secondary N) is 1. The molecule has 0 bridgehead atoms. The fourth-order valence-corrected chi connectivity index (χ4v) is 3.67. The molecule has 8 nitrogen and oxygen atoms in total. The number of benzene rings is 2. The molecule has 2 heterocycles. The largest absolute Gasteiger partial charge is 0.457 e. The van der Waals surface area contributed by atoms with Crippen LogP contribution in [0.1, 0.15) is 5.76 Å². The Bertz CT molecular complexity index is 1320. The van der Waals surface area contributed by atoms with Gasteiger partial charge < -0.3 is 4.42 Å². The summed E-state index contributed by atoms with van der Waals surface area (Å²) in [6, 6.07) is 13.7. The van der Waals surface area contributed by atoms with Gasteiger partial charge in [0.2, 0.25) is 0 Å². The number of carbonyl (C=O) groups is 2. The first kappa shape index (κ1) is 21.7. The Balaban J connectivity index is 1.67. The fraction of sp³-hybridized carbons (Fsp3) is 0. The quantitative estimate of drug-likeness (QED) is 0.182. The van der Waals surface area contributed by atoms with E-state index in [1.165, 1.54) is 30.3 Å². The van der Waals surface area contributed by atoms with Crippen LogP contribution in [0.5, 0.6) is 0 Å². The molecular weight excluding hydrogens is 477 g/mol. The van der Waals surface area contributed by atoms with Crippen LogP contribution in [0.15, 0.2) is 64.6 Å². The molecule has 11 heteroatoms. The molecule has 160 valence electrons. The highest BCUT2D eigenvalue weighted by Gasteiger charge is 2.36. The smallest absolute Gasteiger partial charge is 0.270 e. The van der Waals surface area contributed by atoms with Gasteiger partial charge in [-0.05, 0) is 54.7 Å². The Morgan fingerprint density at radius 1 is 1.06 bits per heavy atom. The summed E-state index contributed by atoms with van der Waals surface area (Å²) in [7, 11) is 0. The summed E-state index contributed by atoms with van der Waals surface area (Å²) >= 11 is 17.4. The number of hydrogen-bond acceptors (Lipinski definition) is 6. The molecule has 0 spiro atoms. The second-order valence-corrected chi connectivity index (χ2v) is 7.71. The average molecular weight is 488 g/mol. The van der Waals surface area contributed by atoms with E-state index in [9.17, 15) is 19.7 Å². The molecular formula is C21H11Cl2N3O5S. The van der Waals surface area contributed by atoms with Crippen LogP contribution < -0.4 is 10.2 Å². The molecule has 3 aromatic rings. The van der Waals surface area contributed by atoms with Gasteiger partial charge in [0.15, 0.2) is 5.11 Å².